The second-order valence-corrected chi connectivity index (χ2v) is 12.9. The van der Waals surface area contributed by atoms with Crippen molar-refractivity contribution in [1.29, 1.82) is 0 Å². The zero-order chi connectivity index (χ0) is 23.3. The standard InChI is InChI=1S/C24H30FN3O2S2/c1-15(2)12-17-14-19(23(31-17)32(29,30)27-24(3,4)5)16-6-7-18(20(25)13-16)21-8-9-22-26-10-11-28(21)22/h6-7,10-11,13-15,21,27H,8-9,12H2,1-5H3. The highest BCUT2D eigenvalue weighted by molar-refractivity contribution is 7.91. The van der Waals surface area contributed by atoms with Gasteiger partial charge in [-0.1, -0.05) is 26.0 Å². The number of hydrogen-bond acceptors (Lipinski definition) is 4. The number of aromatic nitrogens is 2. The van der Waals surface area contributed by atoms with E-state index in [0.29, 0.717) is 22.6 Å². The molecule has 2 aromatic heterocycles. The van der Waals surface area contributed by atoms with Crippen LogP contribution in [0.1, 0.15) is 63.3 Å². The number of nitrogens with zero attached hydrogens (tertiary/aromatic N) is 2. The lowest BCUT2D eigenvalue weighted by molar-refractivity contribution is 0.492. The predicted molar refractivity (Wildman–Crippen MR) is 127 cm³/mol. The van der Waals surface area contributed by atoms with E-state index < -0.39 is 15.6 Å². The van der Waals surface area contributed by atoms with Gasteiger partial charge < -0.3 is 4.57 Å². The molecule has 0 bridgehead atoms. The number of fused-ring (bicyclic) bond motifs is 1. The lowest BCUT2D eigenvalue weighted by atomic mass is 9.99. The van der Waals surface area contributed by atoms with E-state index in [2.05, 4.69) is 23.6 Å². The minimum absolute atomic E-state index is 0.0775. The number of aryl methyl sites for hydroxylation is 1. The molecule has 5 nitrogen and oxygen atoms in total. The Morgan fingerprint density at radius 1 is 1.28 bits per heavy atom. The number of nitrogens with one attached hydrogen (secondary N) is 1. The van der Waals surface area contributed by atoms with E-state index in [-0.39, 0.29) is 16.1 Å². The molecule has 32 heavy (non-hydrogen) atoms. The number of thiophene rings is 1. The summed E-state index contributed by atoms with van der Waals surface area (Å²) < 4.78 is 46.7. The van der Waals surface area contributed by atoms with Gasteiger partial charge in [0.2, 0.25) is 0 Å². The first-order valence-electron chi connectivity index (χ1n) is 10.9. The Morgan fingerprint density at radius 3 is 2.69 bits per heavy atom. The average molecular weight is 476 g/mol. The van der Waals surface area contributed by atoms with Gasteiger partial charge >= 0.3 is 0 Å². The molecule has 0 saturated carbocycles. The van der Waals surface area contributed by atoms with Crippen LogP contribution >= 0.6 is 11.3 Å². The van der Waals surface area contributed by atoms with Crippen LogP contribution in [0.25, 0.3) is 11.1 Å². The molecule has 0 spiro atoms. The van der Waals surface area contributed by atoms with Crippen molar-refractivity contribution in [1.82, 2.24) is 14.3 Å². The zero-order valence-electron chi connectivity index (χ0n) is 19.1. The third kappa shape index (κ3) is 4.67. The Balaban J connectivity index is 1.76. The molecule has 0 radical (unpaired) electrons. The van der Waals surface area contributed by atoms with Gasteiger partial charge in [-0.15, -0.1) is 11.3 Å². The monoisotopic (exact) mass is 475 g/mol. The maximum absolute atomic E-state index is 15.3. The summed E-state index contributed by atoms with van der Waals surface area (Å²) in [5.74, 6) is 1.03. The Hall–Kier alpha value is -2.03. The van der Waals surface area contributed by atoms with Crippen molar-refractivity contribution in [2.45, 2.75) is 69.7 Å². The molecular weight excluding hydrogens is 445 g/mol. The van der Waals surface area contributed by atoms with Crippen LogP contribution in [0.2, 0.25) is 0 Å². The van der Waals surface area contributed by atoms with Crippen molar-refractivity contribution in [3.05, 3.63) is 58.7 Å². The van der Waals surface area contributed by atoms with Crippen LogP contribution in [0.3, 0.4) is 0 Å². The molecule has 8 heteroatoms. The molecular formula is C24H30FN3O2S2. The molecule has 1 aliphatic rings. The van der Waals surface area contributed by atoms with Crippen molar-refractivity contribution in [3.8, 4) is 11.1 Å². The summed E-state index contributed by atoms with van der Waals surface area (Å²) in [7, 11) is -3.75. The zero-order valence-corrected chi connectivity index (χ0v) is 20.8. The third-order valence-electron chi connectivity index (χ3n) is 5.44. The van der Waals surface area contributed by atoms with Crippen LogP contribution in [0.15, 0.2) is 40.9 Å². The molecule has 1 aliphatic heterocycles. The highest BCUT2D eigenvalue weighted by Crippen LogP contribution is 2.39. The molecule has 1 unspecified atom stereocenters. The minimum atomic E-state index is -3.75. The van der Waals surface area contributed by atoms with Crippen molar-refractivity contribution in [3.63, 3.8) is 0 Å². The Kier molecular flexibility index (Phi) is 6.07. The predicted octanol–water partition coefficient (Wildman–Crippen LogP) is 5.56. The molecule has 1 N–H and O–H groups in total. The third-order valence-corrected chi connectivity index (χ3v) is 8.89. The highest BCUT2D eigenvalue weighted by atomic mass is 32.2. The van der Waals surface area contributed by atoms with Crippen molar-refractivity contribution < 1.29 is 12.8 Å². The normalized spacial score (nSPS) is 16.7. The fourth-order valence-corrected chi connectivity index (χ4v) is 7.64. The van der Waals surface area contributed by atoms with Gasteiger partial charge in [0.05, 0.1) is 6.04 Å². The van der Waals surface area contributed by atoms with Gasteiger partial charge in [0, 0.05) is 40.4 Å². The fourth-order valence-electron chi connectivity index (χ4n) is 4.27. The maximum atomic E-state index is 15.3. The van der Waals surface area contributed by atoms with Crippen LogP contribution < -0.4 is 4.72 Å². The summed E-state index contributed by atoms with van der Waals surface area (Å²) in [5, 5.41) is 0. The van der Waals surface area contributed by atoms with Gasteiger partial charge in [-0.05, 0) is 57.2 Å². The molecule has 0 fully saturated rings. The molecule has 0 amide bonds. The number of benzene rings is 1. The topological polar surface area (TPSA) is 64.0 Å². The Bertz CT molecular complexity index is 1240. The van der Waals surface area contributed by atoms with Crippen LogP contribution in [0.4, 0.5) is 4.39 Å². The molecule has 1 atom stereocenters. The SMILES string of the molecule is CC(C)Cc1cc(-c2ccc(C3CCc4nccn43)c(F)c2)c(S(=O)(=O)NC(C)(C)C)s1. The van der Waals surface area contributed by atoms with E-state index >= 15 is 4.39 Å². The summed E-state index contributed by atoms with van der Waals surface area (Å²) in [6.07, 6.45) is 6.04. The summed E-state index contributed by atoms with van der Waals surface area (Å²) >= 11 is 1.27. The van der Waals surface area contributed by atoms with Crippen LogP contribution in [-0.4, -0.2) is 23.5 Å². The second-order valence-electron chi connectivity index (χ2n) is 9.91. The van der Waals surface area contributed by atoms with E-state index in [1.165, 1.54) is 17.4 Å². The lowest BCUT2D eigenvalue weighted by Crippen LogP contribution is -2.40. The first-order valence-corrected chi connectivity index (χ1v) is 13.2. The average Bonchev–Trinajstić information content (AvgIpc) is 3.35. The Labute approximate surface area is 193 Å². The number of halogens is 1. The number of sulfonamides is 1. The highest BCUT2D eigenvalue weighted by Gasteiger charge is 2.29. The lowest BCUT2D eigenvalue weighted by Gasteiger charge is -2.20. The van der Waals surface area contributed by atoms with E-state index in [4.69, 9.17) is 0 Å². The molecule has 3 heterocycles. The summed E-state index contributed by atoms with van der Waals surface area (Å²) in [6, 6.07) is 6.93. The molecule has 4 rings (SSSR count). The quantitative estimate of drug-likeness (QED) is 0.508. The van der Waals surface area contributed by atoms with Crippen LogP contribution in [0, 0.1) is 11.7 Å². The second kappa shape index (κ2) is 8.39. The Morgan fingerprint density at radius 2 is 2.03 bits per heavy atom. The fraction of sp³-hybridized carbons (Fsp3) is 0.458. The number of imidazole rings is 1. The van der Waals surface area contributed by atoms with Crippen molar-refractivity contribution >= 4 is 21.4 Å². The van der Waals surface area contributed by atoms with Gasteiger partial charge in [-0.3, -0.25) is 0 Å². The van der Waals surface area contributed by atoms with Gasteiger partial charge in [0.15, 0.2) is 0 Å². The molecule has 0 saturated heterocycles. The summed E-state index contributed by atoms with van der Waals surface area (Å²) in [6.45, 7) is 9.64. The van der Waals surface area contributed by atoms with E-state index in [1.54, 1.807) is 12.3 Å². The minimum Gasteiger partial charge on any atom is -0.327 e. The van der Waals surface area contributed by atoms with E-state index in [9.17, 15) is 8.42 Å². The van der Waals surface area contributed by atoms with Gasteiger partial charge in [0.1, 0.15) is 15.9 Å². The van der Waals surface area contributed by atoms with E-state index in [0.717, 1.165) is 30.0 Å². The first-order chi connectivity index (χ1) is 14.9. The smallest absolute Gasteiger partial charge is 0.251 e. The van der Waals surface area contributed by atoms with Crippen LogP contribution in [0.5, 0.6) is 0 Å². The van der Waals surface area contributed by atoms with Gasteiger partial charge in [0.25, 0.3) is 10.0 Å². The van der Waals surface area contributed by atoms with Gasteiger partial charge in [-0.25, -0.2) is 22.5 Å². The molecule has 1 aromatic carbocycles. The molecule has 172 valence electrons. The summed E-state index contributed by atoms with van der Waals surface area (Å²) in [4.78, 5) is 5.31. The number of hydrogen-bond donors (Lipinski definition) is 1. The van der Waals surface area contributed by atoms with Crippen LogP contribution in [-0.2, 0) is 22.9 Å². The maximum Gasteiger partial charge on any atom is 0.251 e. The molecule has 0 aliphatic carbocycles. The van der Waals surface area contributed by atoms with E-state index in [1.807, 2.05) is 43.7 Å². The number of rotatable bonds is 6. The van der Waals surface area contributed by atoms with Crippen molar-refractivity contribution in [2.75, 3.05) is 0 Å². The van der Waals surface area contributed by atoms with Crippen molar-refractivity contribution in [2.24, 2.45) is 5.92 Å². The molecule has 3 aromatic rings. The largest absolute Gasteiger partial charge is 0.327 e. The first kappa shape index (κ1) is 23.1. The summed E-state index contributed by atoms with van der Waals surface area (Å²) in [5.41, 5.74) is 1.14. The van der Waals surface area contributed by atoms with Gasteiger partial charge in [-0.2, -0.15) is 0 Å².